The number of rotatable bonds is 4. The summed E-state index contributed by atoms with van der Waals surface area (Å²) in [4.78, 5) is 21.0. The molecule has 8 heteroatoms. The van der Waals surface area contributed by atoms with Gasteiger partial charge in [-0.1, -0.05) is 6.07 Å². The Labute approximate surface area is 168 Å². The van der Waals surface area contributed by atoms with Gasteiger partial charge in [0.05, 0.1) is 5.69 Å². The molecule has 0 spiro atoms. The van der Waals surface area contributed by atoms with Gasteiger partial charge in [0.2, 0.25) is 6.79 Å². The van der Waals surface area contributed by atoms with Crippen molar-refractivity contribution in [2.75, 3.05) is 33.0 Å². The molecule has 1 fully saturated rings. The van der Waals surface area contributed by atoms with E-state index in [0.29, 0.717) is 25.4 Å². The van der Waals surface area contributed by atoms with E-state index >= 15 is 0 Å². The van der Waals surface area contributed by atoms with E-state index in [0.717, 1.165) is 36.8 Å². The predicted molar refractivity (Wildman–Crippen MR) is 105 cm³/mol. The summed E-state index contributed by atoms with van der Waals surface area (Å²) in [5.74, 6) is 1.68. The molecule has 3 heterocycles. The van der Waals surface area contributed by atoms with Gasteiger partial charge in [-0.15, -0.1) is 0 Å². The van der Waals surface area contributed by atoms with E-state index in [4.69, 9.17) is 9.47 Å². The number of ether oxygens (including phenoxy) is 2. The average molecular weight is 391 g/mol. The molecular formula is C21H21N5O3. The molecule has 0 aliphatic carbocycles. The summed E-state index contributed by atoms with van der Waals surface area (Å²) < 4.78 is 12.5. The first-order valence-corrected chi connectivity index (χ1v) is 9.61. The fourth-order valence-electron chi connectivity index (χ4n) is 3.69. The van der Waals surface area contributed by atoms with Crippen molar-refractivity contribution in [1.82, 2.24) is 24.6 Å². The fraction of sp³-hybridized carbons (Fsp3) is 0.286. The lowest BCUT2D eigenvalue weighted by Crippen LogP contribution is -2.48. The van der Waals surface area contributed by atoms with Crippen molar-refractivity contribution in [3.63, 3.8) is 0 Å². The highest BCUT2D eigenvalue weighted by atomic mass is 16.7. The van der Waals surface area contributed by atoms with Crippen LogP contribution in [-0.4, -0.2) is 63.4 Å². The molecule has 0 saturated carbocycles. The maximum Gasteiger partial charge on any atom is 0.253 e. The van der Waals surface area contributed by atoms with Crippen molar-refractivity contribution >= 4 is 5.91 Å². The first kappa shape index (κ1) is 17.7. The molecule has 1 amide bonds. The van der Waals surface area contributed by atoms with E-state index in [9.17, 15) is 4.79 Å². The predicted octanol–water partition coefficient (Wildman–Crippen LogP) is 1.95. The molecule has 2 aromatic carbocycles. The van der Waals surface area contributed by atoms with Crippen LogP contribution in [0, 0.1) is 0 Å². The van der Waals surface area contributed by atoms with Crippen molar-refractivity contribution in [3.05, 3.63) is 66.2 Å². The molecule has 1 saturated heterocycles. The number of hydrogen-bond acceptors (Lipinski definition) is 6. The summed E-state index contributed by atoms with van der Waals surface area (Å²) >= 11 is 0. The first-order valence-electron chi connectivity index (χ1n) is 9.61. The zero-order valence-corrected chi connectivity index (χ0v) is 15.9. The maximum atomic E-state index is 12.8. The Morgan fingerprint density at radius 1 is 0.966 bits per heavy atom. The highest BCUT2D eigenvalue weighted by Crippen LogP contribution is 2.32. The number of nitrogens with zero attached hydrogens (tertiary/aromatic N) is 5. The lowest BCUT2D eigenvalue weighted by molar-refractivity contribution is 0.0628. The highest BCUT2D eigenvalue weighted by Gasteiger charge is 2.23. The quantitative estimate of drug-likeness (QED) is 0.677. The SMILES string of the molecule is O=C(c1ccc(-n2cncn2)cc1)N1CCN(Cc2ccc3c(c2)OCO3)CC1. The molecule has 8 nitrogen and oxygen atoms in total. The van der Waals surface area contributed by atoms with Crippen LogP contribution in [0.2, 0.25) is 0 Å². The van der Waals surface area contributed by atoms with Crippen LogP contribution in [0.3, 0.4) is 0 Å². The third kappa shape index (κ3) is 3.66. The number of fused-ring (bicyclic) bond motifs is 1. The van der Waals surface area contributed by atoms with E-state index in [2.05, 4.69) is 21.0 Å². The second-order valence-corrected chi connectivity index (χ2v) is 7.14. The maximum absolute atomic E-state index is 12.8. The molecule has 0 bridgehead atoms. The standard InChI is InChI=1S/C21H21N5O3/c27-21(17-2-4-18(5-3-17)26-14-22-13-23-26)25-9-7-24(8-10-25)12-16-1-6-19-20(11-16)29-15-28-19/h1-6,11,13-14H,7-10,12,15H2. The second kappa shape index (κ2) is 7.56. The summed E-state index contributed by atoms with van der Waals surface area (Å²) in [6, 6.07) is 13.5. The van der Waals surface area contributed by atoms with Gasteiger partial charge in [0, 0.05) is 38.3 Å². The second-order valence-electron chi connectivity index (χ2n) is 7.14. The van der Waals surface area contributed by atoms with Crippen molar-refractivity contribution in [2.24, 2.45) is 0 Å². The van der Waals surface area contributed by atoms with Crippen molar-refractivity contribution < 1.29 is 14.3 Å². The Bertz CT molecular complexity index is 996. The van der Waals surface area contributed by atoms with Gasteiger partial charge in [-0.05, 0) is 42.0 Å². The van der Waals surface area contributed by atoms with Gasteiger partial charge >= 0.3 is 0 Å². The van der Waals surface area contributed by atoms with Gasteiger partial charge in [0.1, 0.15) is 12.7 Å². The van der Waals surface area contributed by atoms with Crippen molar-refractivity contribution in [1.29, 1.82) is 0 Å². The Balaban J connectivity index is 1.17. The molecular weight excluding hydrogens is 370 g/mol. The van der Waals surface area contributed by atoms with E-state index in [-0.39, 0.29) is 5.91 Å². The van der Waals surface area contributed by atoms with Gasteiger partial charge in [-0.25, -0.2) is 9.67 Å². The molecule has 0 N–H and O–H groups in total. The fourth-order valence-corrected chi connectivity index (χ4v) is 3.69. The van der Waals surface area contributed by atoms with Crippen LogP contribution in [0.5, 0.6) is 11.5 Å². The van der Waals surface area contributed by atoms with E-state index in [1.54, 1.807) is 11.0 Å². The third-order valence-corrected chi connectivity index (χ3v) is 5.30. The molecule has 5 rings (SSSR count). The van der Waals surface area contributed by atoms with Gasteiger partial charge in [-0.2, -0.15) is 5.10 Å². The van der Waals surface area contributed by atoms with E-state index in [1.165, 1.54) is 11.9 Å². The van der Waals surface area contributed by atoms with Crippen molar-refractivity contribution in [2.45, 2.75) is 6.54 Å². The molecule has 1 aromatic heterocycles. The Hall–Kier alpha value is -3.39. The molecule has 0 radical (unpaired) electrons. The zero-order valence-electron chi connectivity index (χ0n) is 15.9. The smallest absolute Gasteiger partial charge is 0.253 e. The molecule has 148 valence electrons. The van der Waals surface area contributed by atoms with E-state index in [1.807, 2.05) is 41.3 Å². The average Bonchev–Trinajstić information content (AvgIpc) is 3.46. The lowest BCUT2D eigenvalue weighted by atomic mass is 10.1. The molecule has 0 atom stereocenters. The normalized spacial score (nSPS) is 16.2. The first-order chi connectivity index (χ1) is 14.3. The number of aromatic nitrogens is 3. The summed E-state index contributed by atoms with van der Waals surface area (Å²) in [5, 5.41) is 4.10. The number of hydrogen-bond donors (Lipinski definition) is 0. The van der Waals surface area contributed by atoms with Crippen LogP contribution < -0.4 is 9.47 Å². The van der Waals surface area contributed by atoms with Gasteiger partial charge in [0.25, 0.3) is 5.91 Å². The summed E-state index contributed by atoms with van der Waals surface area (Å²) in [6.07, 6.45) is 3.12. The van der Waals surface area contributed by atoms with Crippen LogP contribution in [-0.2, 0) is 6.54 Å². The third-order valence-electron chi connectivity index (χ3n) is 5.30. The number of amides is 1. The lowest BCUT2D eigenvalue weighted by Gasteiger charge is -2.34. The van der Waals surface area contributed by atoms with Crippen LogP contribution >= 0.6 is 0 Å². The Morgan fingerprint density at radius 3 is 2.52 bits per heavy atom. The zero-order chi connectivity index (χ0) is 19.6. The molecule has 3 aromatic rings. The van der Waals surface area contributed by atoms with Crippen molar-refractivity contribution in [3.8, 4) is 17.2 Å². The van der Waals surface area contributed by atoms with Crippen LogP contribution in [0.25, 0.3) is 5.69 Å². The Morgan fingerprint density at radius 2 is 1.76 bits per heavy atom. The summed E-state index contributed by atoms with van der Waals surface area (Å²) in [5.41, 5.74) is 2.77. The number of piperazine rings is 1. The molecule has 2 aliphatic rings. The van der Waals surface area contributed by atoms with Gasteiger partial charge in [0.15, 0.2) is 11.5 Å². The topological polar surface area (TPSA) is 72.7 Å². The van der Waals surface area contributed by atoms with Gasteiger partial charge < -0.3 is 14.4 Å². The highest BCUT2D eigenvalue weighted by molar-refractivity contribution is 5.94. The Kier molecular flexibility index (Phi) is 4.61. The summed E-state index contributed by atoms with van der Waals surface area (Å²) in [6.45, 7) is 4.25. The molecule has 2 aliphatic heterocycles. The minimum atomic E-state index is 0.0675. The molecule has 29 heavy (non-hydrogen) atoms. The minimum absolute atomic E-state index is 0.0675. The van der Waals surface area contributed by atoms with Crippen LogP contribution in [0.4, 0.5) is 0 Å². The number of benzene rings is 2. The monoisotopic (exact) mass is 391 g/mol. The minimum Gasteiger partial charge on any atom is -0.454 e. The number of carbonyl (C=O) groups is 1. The van der Waals surface area contributed by atoms with Crippen LogP contribution in [0.1, 0.15) is 15.9 Å². The summed E-state index contributed by atoms with van der Waals surface area (Å²) in [7, 11) is 0. The van der Waals surface area contributed by atoms with Crippen LogP contribution in [0.15, 0.2) is 55.1 Å². The largest absolute Gasteiger partial charge is 0.454 e. The van der Waals surface area contributed by atoms with E-state index < -0.39 is 0 Å². The van der Waals surface area contributed by atoms with Gasteiger partial charge in [-0.3, -0.25) is 9.69 Å². The molecule has 0 unspecified atom stereocenters. The number of carbonyl (C=O) groups excluding carboxylic acids is 1.